The van der Waals surface area contributed by atoms with Crippen LogP contribution in [0.1, 0.15) is 42.7 Å². The summed E-state index contributed by atoms with van der Waals surface area (Å²) in [6.07, 6.45) is 1.13. The third kappa shape index (κ3) is 2.30. The van der Waals surface area contributed by atoms with Gasteiger partial charge in [0.1, 0.15) is 6.04 Å². The molecule has 2 atom stereocenters. The molecular weight excluding hydrogens is 180 g/mol. The Hall–Kier alpha value is -0.850. The summed E-state index contributed by atoms with van der Waals surface area (Å²) in [6.45, 7) is 4.35. The third-order valence-corrected chi connectivity index (χ3v) is 3.42. The van der Waals surface area contributed by atoms with Gasteiger partial charge in [0.15, 0.2) is 0 Å². The summed E-state index contributed by atoms with van der Waals surface area (Å²) in [4.78, 5) is 1.32. The number of hydrogen-bond donors (Lipinski definition) is 1. The highest BCUT2D eigenvalue weighted by Crippen LogP contribution is 2.27. The van der Waals surface area contributed by atoms with Gasteiger partial charge >= 0.3 is 0 Å². The Kier molecular flexibility index (Phi) is 3.47. The van der Waals surface area contributed by atoms with E-state index in [1.807, 2.05) is 17.5 Å². The first-order valence-electron chi connectivity index (χ1n) is 4.42. The van der Waals surface area contributed by atoms with E-state index in [1.165, 1.54) is 4.88 Å². The van der Waals surface area contributed by atoms with Crippen LogP contribution in [0.3, 0.4) is 0 Å². The van der Waals surface area contributed by atoms with Gasteiger partial charge < -0.3 is 5.73 Å². The lowest BCUT2D eigenvalue weighted by Crippen LogP contribution is -2.05. The Balaban J connectivity index is 2.81. The van der Waals surface area contributed by atoms with Crippen molar-refractivity contribution >= 4 is 11.3 Å². The van der Waals surface area contributed by atoms with Crippen LogP contribution < -0.4 is 5.73 Å². The maximum Gasteiger partial charge on any atom is 0.119 e. The molecule has 0 aliphatic rings. The normalized spacial score (nSPS) is 14.9. The van der Waals surface area contributed by atoms with Crippen molar-refractivity contribution in [3.8, 4) is 6.07 Å². The van der Waals surface area contributed by atoms with Gasteiger partial charge in [0, 0.05) is 4.88 Å². The summed E-state index contributed by atoms with van der Waals surface area (Å²) in [5.74, 6) is 0.574. The molecule has 0 saturated carbocycles. The Morgan fingerprint density at radius 2 is 2.38 bits per heavy atom. The van der Waals surface area contributed by atoms with Gasteiger partial charge in [-0.2, -0.15) is 5.26 Å². The Morgan fingerprint density at radius 1 is 1.69 bits per heavy atom. The number of nitriles is 1. The van der Waals surface area contributed by atoms with Gasteiger partial charge in [-0.15, -0.1) is 11.3 Å². The molecule has 1 aromatic heterocycles. The lowest BCUT2D eigenvalue weighted by molar-refractivity contribution is 0.746. The Bertz CT molecular complexity index is 311. The molecule has 0 bridgehead atoms. The van der Waals surface area contributed by atoms with E-state index in [4.69, 9.17) is 11.0 Å². The molecule has 70 valence electrons. The van der Waals surface area contributed by atoms with Crippen molar-refractivity contribution in [1.29, 1.82) is 5.26 Å². The molecule has 2 nitrogen and oxygen atoms in total. The second-order valence-corrected chi connectivity index (χ2v) is 4.14. The van der Waals surface area contributed by atoms with Gasteiger partial charge in [0.2, 0.25) is 0 Å². The fourth-order valence-electron chi connectivity index (χ4n) is 1.07. The summed E-state index contributed by atoms with van der Waals surface area (Å²) >= 11 is 1.69. The van der Waals surface area contributed by atoms with Crippen molar-refractivity contribution in [3.63, 3.8) is 0 Å². The highest BCUT2D eigenvalue weighted by Gasteiger charge is 2.10. The molecule has 0 fully saturated rings. The zero-order valence-electron chi connectivity index (χ0n) is 7.95. The van der Waals surface area contributed by atoms with Crippen molar-refractivity contribution in [2.24, 2.45) is 5.73 Å². The minimum atomic E-state index is -0.464. The molecule has 0 aliphatic heterocycles. The highest BCUT2D eigenvalue weighted by molar-refractivity contribution is 7.10. The van der Waals surface area contributed by atoms with Crippen LogP contribution in [0.25, 0.3) is 0 Å². The van der Waals surface area contributed by atoms with E-state index in [9.17, 15) is 0 Å². The fourth-order valence-corrected chi connectivity index (χ4v) is 2.16. The molecule has 0 spiro atoms. The van der Waals surface area contributed by atoms with Gasteiger partial charge in [-0.05, 0) is 29.3 Å². The monoisotopic (exact) mass is 194 g/mol. The van der Waals surface area contributed by atoms with Crippen molar-refractivity contribution < 1.29 is 0 Å². The zero-order chi connectivity index (χ0) is 9.84. The summed E-state index contributed by atoms with van der Waals surface area (Å²) in [5, 5.41) is 10.6. The lowest BCUT2D eigenvalue weighted by Gasteiger charge is -2.03. The zero-order valence-corrected chi connectivity index (χ0v) is 8.77. The van der Waals surface area contributed by atoms with Gasteiger partial charge in [-0.25, -0.2) is 0 Å². The summed E-state index contributed by atoms with van der Waals surface area (Å²) in [5.41, 5.74) is 6.54. The lowest BCUT2D eigenvalue weighted by atomic mass is 10.1. The molecule has 3 heteroatoms. The fraction of sp³-hybridized carbons (Fsp3) is 0.500. The smallest absolute Gasteiger partial charge is 0.119 e. The average Bonchev–Trinajstić information content (AvgIpc) is 2.64. The van der Waals surface area contributed by atoms with E-state index < -0.39 is 6.04 Å². The first kappa shape index (κ1) is 10.2. The topological polar surface area (TPSA) is 49.8 Å². The van der Waals surface area contributed by atoms with E-state index >= 15 is 0 Å². The standard InChI is InChI=1S/C10H14N2S/c1-3-7(2)10-4-8(6-13-10)9(12)5-11/h4,6-7,9H,3,12H2,1-2H3. The highest BCUT2D eigenvalue weighted by atomic mass is 32.1. The SMILES string of the molecule is CCC(C)c1cc(C(N)C#N)cs1. The number of nitrogens with zero attached hydrogens (tertiary/aromatic N) is 1. The van der Waals surface area contributed by atoms with Gasteiger partial charge in [0.05, 0.1) is 6.07 Å². The van der Waals surface area contributed by atoms with Gasteiger partial charge in [-0.1, -0.05) is 13.8 Å². The maximum absolute atomic E-state index is 8.62. The predicted octanol–water partition coefficient (Wildman–Crippen LogP) is 2.78. The number of hydrogen-bond acceptors (Lipinski definition) is 3. The van der Waals surface area contributed by atoms with Crippen LogP contribution in [0, 0.1) is 11.3 Å². The summed E-state index contributed by atoms with van der Waals surface area (Å²) in [6, 6.07) is 3.62. The van der Waals surface area contributed by atoms with Crippen LogP contribution in [0.4, 0.5) is 0 Å². The summed E-state index contributed by atoms with van der Waals surface area (Å²) < 4.78 is 0. The second-order valence-electron chi connectivity index (χ2n) is 3.20. The van der Waals surface area contributed by atoms with Crippen LogP contribution in [0.2, 0.25) is 0 Å². The molecule has 0 aliphatic carbocycles. The van der Waals surface area contributed by atoms with Crippen molar-refractivity contribution in [1.82, 2.24) is 0 Å². The Morgan fingerprint density at radius 3 is 2.92 bits per heavy atom. The first-order chi connectivity index (χ1) is 6.19. The van der Waals surface area contributed by atoms with Gasteiger partial charge in [0.25, 0.3) is 0 Å². The average molecular weight is 194 g/mol. The molecule has 2 unspecified atom stereocenters. The number of thiophene rings is 1. The molecular formula is C10H14N2S. The maximum atomic E-state index is 8.62. The second kappa shape index (κ2) is 4.40. The van der Waals surface area contributed by atoms with Crippen LogP contribution >= 0.6 is 11.3 Å². The molecule has 13 heavy (non-hydrogen) atoms. The van der Waals surface area contributed by atoms with Gasteiger partial charge in [-0.3, -0.25) is 0 Å². The minimum absolute atomic E-state index is 0.464. The molecule has 1 aromatic rings. The molecule has 0 saturated heterocycles. The largest absolute Gasteiger partial charge is 0.312 e. The van der Waals surface area contributed by atoms with Crippen LogP contribution in [-0.2, 0) is 0 Å². The van der Waals surface area contributed by atoms with E-state index in [0.717, 1.165) is 12.0 Å². The third-order valence-electron chi connectivity index (χ3n) is 2.24. The van der Waals surface area contributed by atoms with E-state index in [0.29, 0.717) is 5.92 Å². The molecule has 0 aromatic carbocycles. The Labute approximate surface area is 83.0 Å². The van der Waals surface area contributed by atoms with Crippen LogP contribution in [0.15, 0.2) is 11.4 Å². The van der Waals surface area contributed by atoms with Crippen molar-refractivity contribution in [2.45, 2.75) is 32.2 Å². The molecule has 2 N–H and O–H groups in total. The van der Waals surface area contributed by atoms with Crippen molar-refractivity contribution in [2.75, 3.05) is 0 Å². The quantitative estimate of drug-likeness (QED) is 0.804. The minimum Gasteiger partial charge on any atom is -0.312 e. The van der Waals surface area contributed by atoms with E-state index in [-0.39, 0.29) is 0 Å². The van der Waals surface area contributed by atoms with Crippen molar-refractivity contribution in [3.05, 3.63) is 21.9 Å². The number of rotatable bonds is 3. The first-order valence-corrected chi connectivity index (χ1v) is 5.30. The molecule has 0 amide bonds. The molecule has 0 radical (unpaired) electrons. The van der Waals surface area contributed by atoms with Crippen LogP contribution in [-0.4, -0.2) is 0 Å². The van der Waals surface area contributed by atoms with E-state index in [2.05, 4.69) is 13.8 Å². The predicted molar refractivity (Wildman–Crippen MR) is 55.6 cm³/mol. The molecule has 1 heterocycles. The number of nitrogens with two attached hydrogens (primary N) is 1. The van der Waals surface area contributed by atoms with E-state index in [1.54, 1.807) is 11.3 Å². The van der Waals surface area contributed by atoms with Crippen LogP contribution in [0.5, 0.6) is 0 Å². The molecule has 1 rings (SSSR count). The summed E-state index contributed by atoms with van der Waals surface area (Å²) in [7, 11) is 0.